The van der Waals surface area contributed by atoms with Crippen LogP contribution in [0.25, 0.3) is 0 Å². The van der Waals surface area contributed by atoms with Crippen LogP contribution in [0.5, 0.6) is 0 Å². The largest absolute Gasteiger partial charge is 0.502 e. The van der Waals surface area contributed by atoms with Crippen molar-refractivity contribution in [2.45, 2.75) is 40.9 Å². The minimum Gasteiger partial charge on any atom is -0.502 e. The van der Waals surface area contributed by atoms with Crippen molar-refractivity contribution in [3.8, 4) is 0 Å². The van der Waals surface area contributed by atoms with Crippen molar-refractivity contribution >= 4 is 5.97 Å². The lowest BCUT2D eigenvalue weighted by molar-refractivity contribution is -0.184. The summed E-state index contributed by atoms with van der Waals surface area (Å²) in [5, 5.41) is 18.6. The van der Waals surface area contributed by atoms with Crippen molar-refractivity contribution in [3.05, 3.63) is 11.3 Å². The third kappa shape index (κ3) is 3.79. The Hall–Kier alpha value is -1.03. The van der Waals surface area contributed by atoms with E-state index in [4.69, 9.17) is 0 Å². The van der Waals surface area contributed by atoms with Gasteiger partial charge in [0.15, 0.2) is 0 Å². The SMILES string of the molecule is CC(C)=C(O)C(=O)OC(O)C(C)(C)C. The Morgan fingerprint density at radius 3 is 2.00 bits per heavy atom. The van der Waals surface area contributed by atoms with Gasteiger partial charge in [0.05, 0.1) is 0 Å². The molecule has 0 aromatic carbocycles. The summed E-state index contributed by atoms with van der Waals surface area (Å²) in [7, 11) is 0. The Morgan fingerprint density at radius 1 is 1.29 bits per heavy atom. The molecular formula is C10H18O4. The van der Waals surface area contributed by atoms with Gasteiger partial charge in [-0.1, -0.05) is 20.8 Å². The Labute approximate surface area is 84.2 Å². The molecule has 0 aliphatic heterocycles. The Balaban J connectivity index is 4.43. The number of hydrogen-bond acceptors (Lipinski definition) is 4. The number of aliphatic hydroxyl groups is 2. The van der Waals surface area contributed by atoms with Crippen LogP contribution in [-0.2, 0) is 9.53 Å². The Morgan fingerprint density at radius 2 is 1.71 bits per heavy atom. The minimum atomic E-state index is -1.23. The summed E-state index contributed by atoms with van der Waals surface area (Å²) in [6.07, 6.45) is -1.23. The molecule has 0 bridgehead atoms. The third-order valence-electron chi connectivity index (χ3n) is 1.63. The first-order chi connectivity index (χ1) is 6.16. The van der Waals surface area contributed by atoms with Crippen molar-refractivity contribution < 1.29 is 19.7 Å². The van der Waals surface area contributed by atoms with E-state index >= 15 is 0 Å². The van der Waals surface area contributed by atoms with Crippen molar-refractivity contribution in [3.63, 3.8) is 0 Å². The second kappa shape index (κ2) is 4.46. The van der Waals surface area contributed by atoms with Gasteiger partial charge in [-0.2, -0.15) is 0 Å². The molecule has 0 saturated heterocycles. The van der Waals surface area contributed by atoms with Crippen molar-refractivity contribution in [1.29, 1.82) is 0 Å². The van der Waals surface area contributed by atoms with Crippen LogP contribution in [0.3, 0.4) is 0 Å². The highest BCUT2D eigenvalue weighted by Gasteiger charge is 2.27. The minimum absolute atomic E-state index is 0.451. The molecule has 0 saturated carbocycles. The molecule has 1 unspecified atom stereocenters. The number of rotatable bonds is 2. The molecule has 0 aliphatic rings. The van der Waals surface area contributed by atoms with Gasteiger partial charge in [0.2, 0.25) is 12.0 Å². The molecule has 2 N–H and O–H groups in total. The van der Waals surface area contributed by atoms with Crippen LogP contribution in [0.4, 0.5) is 0 Å². The number of ether oxygens (including phenoxy) is 1. The first kappa shape index (κ1) is 13.0. The highest BCUT2D eigenvalue weighted by atomic mass is 16.6. The number of carbonyl (C=O) groups excluding carboxylic acids is 1. The zero-order valence-corrected chi connectivity index (χ0v) is 9.29. The molecule has 0 rings (SSSR count). The van der Waals surface area contributed by atoms with Crippen LogP contribution in [-0.4, -0.2) is 22.5 Å². The highest BCUT2D eigenvalue weighted by Crippen LogP contribution is 2.20. The number of carbonyl (C=O) groups is 1. The average molecular weight is 202 g/mol. The molecule has 4 heteroatoms. The molecule has 0 spiro atoms. The maximum atomic E-state index is 11.2. The molecule has 0 aromatic rings. The fourth-order valence-electron chi connectivity index (χ4n) is 0.538. The van der Waals surface area contributed by atoms with E-state index in [-0.39, 0.29) is 0 Å². The lowest BCUT2D eigenvalue weighted by Gasteiger charge is -2.25. The molecule has 0 radical (unpaired) electrons. The number of aliphatic hydroxyl groups excluding tert-OH is 2. The molecule has 82 valence electrons. The van der Waals surface area contributed by atoms with Gasteiger partial charge in [-0.05, 0) is 19.4 Å². The summed E-state index contributed by atoms with van der Waals surface area (Å²) in [5.41, 5.74) is -0.103. The summed E-state index contributed by atoms with van der Waals surface area (Å²) in [6.45, 7) is 8.35. The molecule has 0 aliphatic carbocycles. The first-order valence-corrected chi connectivity index (χ1v) is 4.41. The molecule has 1 atom stereocenters. The predicted octanol–water partition coefficient (Wildman–Crippen LogP) is 1.75. The van der Waals surface area contributed by atoms with E-state index in [9.17, 15) is 15.0 Å². The molecule has 0 heterocycles. The number of esters is 1. The summed E-state index contributed by atoms with van der Waals surface area (Å²) in [4.78, 5) is 11.2. The Bertz CT molecular complexity index is 243. The van der Waals surface area contributed by atoms with E-state index in [2.05, 4.69) is 4.74 Å². The van der Waals surface area contributed by atoms with Gasteiger partial charge in [0.1, 0.15) is 0 Å². The maximum Gasteiger partial charge on any atom is 0.375 e. The lowest BCUT2D eigenvalue weighted by Crippen LogP contribution is -2.31. The van der Waals surface area contributed by atoms with E-state index in [1.165, 1.54) is 0 Å². The summed E-state index contributed by atoms with van der Waals surface area (Å²) in [5.74, 6) is -1.35. The van der Waals surface area contributed by atoms with Gasteiger partial charge in [0.25, 0.3) is 0 Å². The van der Waals surface area contributed by atoms with E-state index in [0.717, 1.165) is 0 Å². The quantitative estimate of drug-likeness (QED) is 0.310. The monoisotopic (exact) mass is 202 g/mol. The summed E-state index contributed by atoms with van der Waals surface area (Å²) >= 11 is 0. The average Bonchev–Trinajstić information content (AvgIpc) is 2.00. The van der Waals surface area contributed by atoms with Gasteiger partial charge in [-0.25, -0.2) is 4.79 Å². The standard InChI is InChI=1S/C10H18O4/c1-6(2)7(11)8(12)14-9(13)10(3,4)5/h9,11,13H,1-5H3. The van der Waals surface area contributed by atoms with Crippen LogP contribution < -0.4 is 0 Å². The van der Waals surface area contributed by atoms with E-state index in [1.807, 2.05) is 0 Å². The van der Waals surface area contributed by atoms with Gasteiger partial charge in [-0.3, -0.25) is 0 Å². The van der Waals surface area contributed by atoms with Gasteiger partial charge < -0.3 is 14.9 Å². The van der Waals surface area contributed by atoms with Crippen molar-refractivity contribution in [2.75, 3.05) is 0 Å². The lowest BCUT2D eigenvalue weighted by atomic mass is 9.96. The Kier molecular flexibility index (Phi) is 4.13. The van der Waals surface area contributed by atoms with E-state index < -0.39 is 23.4 Å². The fraction of sp³-hybridized carbons (Fsp3) is 0.700. The second-order valence-electron chi connectivity index (χ2n) is 4.47. The first-order valence-electron chi connectivity index (χ1n) is 4.41. The topological polar surface area (TPSA) is 66.8 Å². The molecule has 0 aromatic heterocycles. The van der Waals surface area contributed by atoms with Gasteiger partial charge in [-0.15, -0.1) is 0 Å². The highest BCUT2D eigenvalue weighted by molar-refractivity contribution is 5.86. The number of hydrogen-bond donors (Lipinski definition) is 2. The van der Waals surface area contributed by atoms with Crippen molar-refractivity contribution in [1.82, 2.24) is 0 Å². The zero-order valence-electron chi connectivity index (χ0n) is 9.29. The normalized spacial score (nSPS) is 13.3. The smallest absolute Gasteiger partial charge is 0.375 e. The van der Waals surface area contributed by atoms with Crippen LogP contribution in [0.2, 0.25) is 0 Å². The fourth-order valence-corrected chi connectivity index (χ4v) is 0.538. The molecule has 0 amide bonds. The van der Waals surface area contributed by atoms with Crippen LogP contribution in [0.1, 0.15) is 34.6 Å². The van der Waals surface area contributed by atoms with Gasteiger partial charge >= 0.3 is 5.97 Å². The molecular weight excluding hydrogens is 184 g/mol. The number of allylic oxidation sites excluding steroid dienone is 1. The summed E-state index contributed by atoms with van der Waals surface area (Å²) < 4.78 is 4.65. The predicted molar refractivity (Wildman–Crippen MR) is 52.6 cm³/mol. The molecule has 0 fully saturated rings. The molecule has 14 heavy (non-hydrogen) atoms. The van der Waals surface area contributed by atoms with E-state index in [0.29, 0.717) is 5.57 Å². The second-order valence-corrected chi connectivity index (χ2v) is 4.47. The van der Waals surface area contributed by atoms with Crippen LogP contribution in [0, 0.1) is 5.41 Å². The van der Waals surface area contributed by atoms with E-state index in [1.54, 1.807) is 34.6 Å². The van der Waals surface area contributed by atoms with Crippen LogP contribution >= 0.6 is 0 Å². The zero-order chi connectivity index (χ0) is 11.5. The third-order valence-corrected chi connectivity index (χ3v) is 1.63. The van der Waals surface area contributed by atoms with Gasteiger partial charge in [0, 0.05) is 5.41 Å². The van der Waals surface area contributed by atoms with Crippen LogP contribution in [0.15, 0.2) is 11.3 Å². The maximum absolute atomic E-state index is 11.2. The molecule has 4 nitrogen and oxygen atoms in total. The summed E-state index contributed by atoms with van der Waals surface area (Å²) in [6, 6.07) is 0. The van der Waals surface area contributed by atoms with Crippen molar-refractivity contribution in [2.24, 2.45) is 5.41 Å².